The van der Waals surface area contributed by atoms with Crippen LogP contribution in [-0.2, 0) is 6.54 Å². The standard InChI is InChI=1S/C19H24ClFN4S.HI/c1-2-22-19(23-13-14-5-6-17(21)16(20)12-14)24-15-7-9-25(10-8-15)18-4-3-11-26-18;/h3-6,11-12,15H,2,7-10,13H2,1H3,(H2,22,23,24);1H. The van der Waals surface area contributed by atoms with Crippen LogP contribution < -0.4 is 15.5 Å². The summed E-state index contributed by atoms with van der Waals surface area (Å²) in [6.45, 7) is 5.40. The summed E-state index contributed by atoms with van der Waals surface area (Å²) in [4.78, 5) is 7.06. The van der Waals surface area contributed by atoms with Gasteiger partial charge in [-0.3, -0.25) is 0 Å². The van der Waals surface area contributed by atoms with Crippen molar-refractivity contribution >= 4 is 57.9 Å². The Morgan fingerprint density at radius 1 is 1.33 bits per heavy atom. The normalized spacial score (nSPS) is 15.4. The molecule has 1 aliphatic rings. The number of halogens is 3. The Bertz CT molecular complexity index is 733. The van der Waals surface area contributed by atoms with Crippen LogP contribution >= 0.6 is 46.9 Å². The third-order valence-corrected chi connectivity index (χ3v) is 5.62. The molecule has 0 spiro atoms. The second kappa shape index (κ2) is 11.1. The molecule has 0 amide bonds. The van der Waals surface area contributed by atoms with E-state index in [-0.39, 0.29) is 29.0 Å². The van der Waals surface area contributed by atoms with E-state index in [1.165, 1.54) is 11.1 Å². The molecule has 0 unspecified atom stereocenters. The minimum absolute atomic E-state index is 0. The Labute approximate surface area is 186 Å². The first kappa shape index (κ1) is 22.2. The van der Waals surface area contributed by atoms with E-state index in [2.05, 4.69) is 38.0 Å². The van der Waals surface area contributed by atoms with Crippen LogP contribution in [-0.4, -0.2) is 31.6 Å². The highest BCUT2D eigenvalue weighted by molar-refractivity contribution is 14.0. The van der Waals surface area contributed by atoms with Gasteiger partial charge in [-0.2, -0.15) is 0 Å². The zero-order chi connectivity index (χ0) is 18.4. The summed E-state index contributed by atoms with van der Waals surface area (Å²) in [6.07, 6.45) is 2.15. The van der Waals surface area contributed by atoms with Crippen molar-refractivity contribution in [1.29, 1.82) is 0 Å². The van der Waals surface area contributed by atoms with Crippen LogP contribution in [0.25, 0.3) is 0 Å². The summed E-state index contributed by atoms with van der Waals surface area (Å²) in [5, 5.41) is 10.4. The smallest absolute Gasteiger partial charge is 0.191 e. The van der Waals surface area contributed by atoms with Crippen molar-refractivity contribution in [3.8, 4) is 0 Å². The van der Waals surface area contributed by atoms with Crippen molar-refractivity contribution in [2.24, 2.45) is 4.99 Å². The molecule has 3 rings (SSSR count). The first-order valence-electron chi connectivity index (χ1n) is 8.93. The number of piperidine rings is 1. The molecule has 4 nitrogen and oxygen atoms in total. The number of nitrogens with zero attached hydrogens (tertiary/aromatic N) is 2. The lowest BCUT2D eigenvalue weighted by molar-refractivity contribution is 0.463. The van der Waals surface area contributed by atoms with E-state index in [0.717, 1.165) is 44.0 Å². The Kier molecular flexibility index (Phi) is 9.11. The molecule has 2 aromatic rings. The topological polar surface area (TPSA) is 39.7 Å². The predicted molar refractivity (Wildman–Crippen MR) is 124 cm³/mol. The fraction of sp³-hybridized carbons (Fsp3) is 0.421. The largest absolute Gasteiger partial charge is 0.363 e. The fourth-order valence-electron chi connectivity index (χ4n) is 3.02. The van der Waals surface area contributed by atoms with Crippen LogP contribution in [0.3, 0.4) is 0 Å². The van der Waals surface area contributed by atoms with E-state index in [4.69, 9.17) is 11.6 Å². The summed E-state index contributed by atoms with van der Waals surface area (Å²) in [7, 11) is 0. The molecule has 0 aliphatic carbocycles. The number of nitrogens with one attached hydrogen (secondary N) is 2. The molecule has 148 valence electrons. The first-order valence-corrected chi connectivity index (χ1v) is 10.2. The van der Waals surface area contributed by atoms with Gasteiger partial charge in [0.1, 0.15) is 5.82 Å². The van der Waals surface area contributed by atoms with Gasteiger partial charge in [0.15, 0.2) is 5.96 Å². The Hall–Kier alpha value is -1.06. The lowest BCUT2D eigenvalue weighted by Gasteiger charge is -2.33. The van der Waals surface area contributed by atoms with Gasteiger partial charge in [-0.1, -0.05) is 17.7 Å². The van der Waals surface area contributed by atoms with Crippen molar-refractivity contribution in [3.05, 3.63) is 52.1 Å². The maximum absolute atomic E-state index is 13.3. The highest BCUT2D eigenvalue weighted by atomic mass is 127. The van der Waals surface area contributed by atoms with Crippen molar-refractivity contribution in [2.45, 2.75) is 32.4 Å². The monoisotopic (exact) mass is 522 g/mol. The van der Waals surface area contributed by atoms with E-state index >= 15 is 0 Å². The van der Waals surface area contributed by atoms with E-state index < -0.39 is 5.82 Å². The summed E-state index contributed by atoms with van der Waals surface area (Å²) in [6, 6.07) is 9.41. The lowest BCUT2D eigenvalue weighted by Crippen LogP contribution is -2.48. The van der Waals surface area contributed by atoms with Crippen molar-refractivity contribution < 1.29 is 4.39 Å². The molecule has 1 aromatic heterocycles. The Morgan fingerprint density at radius 3 is 2.74 bits per heavy atom. The number of benzene rings is 1. The molecule has 1 aromatic carbocycles. The molecule has 0 saturated carbocycles. The lowest BCUT2D eigenvalue weighted by atomic mass is 10.1. The SMILES string of the molecule is CCNC(=NCc1ccc(F)c(Cl)c1)NC1CCN(c2cccs2)CC1.I. The highest BCUT2D eigenvalue weighted by Gasteiger charge is 2.20. The van der Waals surface area contributed by atoms with Gasteiger partial charge in [0, 0.05) is 25.7 Å². The third-order valence-electron chi connectivity index (χ3n) is 4.40. The average molecular weight is 523 g/mol. The van der Waals surface area contributed by atoms with Gasteiger partial charge in [0.2, 0.25) is 0 Å². The van der Waals surface area contributed by atoms with Gasteiger partial charge in [-0.05, 0) is 55.0 Å². The number of guanidine groups is 1. The number of hydrogen-bond acceptors (Lipinski definition) is 3. The average Bonchev–Trinajstić information content (AvgIpc) is 3.18. The Morgan fingerprint density at radius 2 is 2.11 bits per heavy atom. The summed E-state index contributed by atoms with van der Waals surface area (Å²) < 4.78 is 13.3. The molecule has 2 heterocycles. The first-order chi connectivity index (χ1) is 12.7. The van der Waals surface area contributed by atoms with Gasteiger partial charge in [0.05, 0.1) is 16.6 Å². The maximum atomic E-state index is 13.3. The van der Waals surface area contributed by atoms with Crippen LogP contribution in [0, 0.1) is 5.82 Å². The zero-order valence-electron chi connectivity index (χ0n) is 15.3. The van der Waals surface area contributed by atoms with Crippen molar-refractivity contribution in [3.63, 3.8) is 0 Å². The maximum Gasteiger partial charge on any atom is 0.191 e. The molecule has 0 bridgehead atoms. The van der Waals surface area contributed by atoms with Crippen molar-refractivity contribution in [2.75, 3.05) is 24.5 Å². The summed E-state index contributed by atoms with van der Waals surface area (Å²) in [5.41, 5.74) is 0.890. The van der Waals surface area contributed by atoms with Crippen molar-refractivity contribution in [1.82, 2.24) is 10.6 Å². The van der Waals surface area contributed by atoms with E-state index in [0.29, 0.717) is 12.6 Å². The van der Waals surface area contributed by atoms with Gasteiger partial charge >= 0.3 is 0 Å². The van der Waals surface area contributed by atoms with Gasteiger partial charge in [-0.15, -0.1) is 35.3 Å². The van der Waals surface area contributed by atoms with Gasteiger partial charge in [0.25, 0.3) is 0 Å². The number of aliphatic imine (C=N–C) groups is 1. The van der Waals surface area contributed by atoms with Gasteiger partial charge < -0.3 is 15.5 Å². The minimum atomic E-state index is -0.401. The second-order valence-electron chi connectivity index (χ2n) is 6.30. The predicted octanol–water partition coefficient (Wildman–Crippen LogP) is 4.88. The summed E-state index contributed by atoms with van der Waals surface area (Å²) in [5.74, 6) is 0.393. The van der Waals surface area contributed by atoms with Crippen LogP contribution in [0.5, 0.6) is 0 Å². The number of anilines is 1. The molecule has 8 heteroatoms. The summed E-state index contributed by atoms with van der Waals surface area (Å²) >= 11 is 7.64. The zero-order valence-corrected chi connectivity index (χ0v) is 19.2. The molecule has 2 N–H and O–H groups in total. The molecule has 27 heavy (non-hydrogen) atoms. The van der Waals surface area contributed by atoms with E-state index in [1.54, 1.807) is 23.5 Å². The van der Waals surface area contributed by atoms with Crippen LogP contribution in [0.15, 0.2) is 40.7 Å². The molecular formula is C19H25ClFIN4S. The highest BCUT2D eigenvalue weighted by Crippen LogP contribution is 2.24. The van der Waals surface area contributed by atoms with Crippen LogP contribution in [0.1, 0.15) is 25.3 Å². The van der Waals surface area contributed by atoms with E-state index in [1.807, 2.05) is 6.92 Å². The third kappa shape index (κ3) is 6.50. The molecular weight excluding hydrogens is 498 g/mol. The van der Waals surface area contributed by atoms with Crippen LogP contribution in [0.2, 0.25) is 5.02 Å². The number of thiophene rings is 1. The Balaban J connectivity index is 0.00000261. The minimum Gasteiger partial charge on any atom is -0.363 e. The quantitative estimate of drug-likeness (QED) is 0.334. The number of rotatable bonds is 5. The molecule has 0 atom stereocenters. The molecule has 0 radical (unpaired) electrons. The molecule has 1 saturated heterocycles. The van der Waals surface area contributed by atoms with E-state index in [9.17, 15) is 4.39 Å². The second-order valence-corrected chi connectivity index (χ2v) is 7.63. The van der Waals surface area contributed by atoms with Crippen LogP contribution in [0.4, 0.5) is 9.39 Å². The number of hydrogen-bond donors (Lipinski definition) is 2. The molecule has 1 aliphatic heterocycles. The molecule has 1 fully saturated rings. The van der Waals surface area contributed by atoms with Gasteiger partial charge in [-0.25, -0.2) is 9.38 Å². The fourth-order valence-corrected chi connectivity index (χ4v) is 4.00.